The number of ketones is 1. The largest absolute Gasteiger partial charge is 0.417 e. The van der Waals surface area contributed by atoms with E-state index < -0.39 is 35.1 Å². The summed E-state index contributed by atoms with van der Waals surface area (Å²) in [6.45, 7) is 1.97. The standard InChI is InChI=1S/C11H9F5O/c1-5-3-7(10(12)13)4-8(6(2)17)9(5)11(14,15)16/h3-4,10H,1-2H3. The molecule has 1 aromatic rings. The van der Waals surface area contributed by atoms with Gasteiger partial charge in [-0.25, -0.2) is 8.78 Å². The van der Waals surface area contributed by atoms with Crippen LogP contribution < -0.4 is 0 Å². The molecule has 1 aromatic carbocycles. The van der Waals surface area contributed by atoms with Crippen molar-refractivity contribution in [1.29, 1.82) is 0 Å². The lowest BCUT2D eigenvalue weighted by Crippen LogP contribution is -2.14. The first-order valence-electron chi connectivity index (χ1n) is 4.65. The van der Waals surface area contributed by atoms with Crippen molar-refractivity contribution in [3.05, 3.63) is 34.4 Å². The minimum absolute atomic E-state index is 0.375. The molecule has 0 unspecified atom stereocenters. The van der Waals surface area contributed by atoms with E-state index in [-0.39, 0.29) is 5.56 Å². The zero-order valence-corrected chi connectivity index (χ0v) is 9.03. The van der Waals surface area contributed by atoms with Crippen LogP contribution in [-0.2, 0) is 6.18 Å². The minimum Gasteiger partial charge on any atom is -0.294 e. The fourth-order valence-corrected chi connectivity index (χ4v) is 1.60. The summed E-state index contributed by atoms with van der Waals surface area (Å²) in [6.07, 6.45) is -7.64. The molecule has 0 amide bonds. The van der Waals surface area contributed by atoms with Gasteiger partial charge >= 0.3 is 6.18 Å². The lowest BCUT2D eigenvalue weighted by atomic mass is 9.96. The number of carbonyl (C=O) groups excluding carboxylic acids is 1. The summed E-state index contributed by atoms with van der Waals surface area (Å²) < 4.78 is 62.8. The van der Waals surface area contributed by atoms with E-state index in [1.165, 1.54) is 0 Å². The lowest BCUT2D eigenvalue weighted by Gasteiger charge is -2.15. The van der Waals surface area contributed by atoms with Crippen molar-refractivity contribution in [3.63, 3.8) is 0 Å². The topological polar surface area (TPSA) is 17.1 Å². The Kier molecular flexibility index (Phi) is 3.54. The average Bonchev–Trinajstić information content (AvgIpc) is 2.13. The minimum atomic E-state index is -4.73. The highest BCUT2D eigenvalue weighted by molar-refractivity contribution is 5.96. The first-order valence-corrected chi connectivity index (χ1v) is 4.65. The number of carbonyl (C=O) groups is 1. The Hall–Kier alpha value is -1.46. The zero-order valence-electron chi connectivity index (χ0n) is 9.03. The molecule has 0 atom stereocenters. The van der Waals surface area contributed by atoms with Gasteiger partial charge in [0.05, 0.1) is 5.56 Å². The molecule has 0 heterocycles. The van der Waals surface area contributed by atoms with Gasteiger partial charge in [0.15, 0.2) is 5.78 Å². The highest BCUT2D eigenvalue weighted by atomic mass is 19.4. The molecule has 94 valence electrons. The average molecular weight is 252 g/mol. The molecule has 1 nitrogen and oxygen atoms in total. The third-order valence-corrected chi connectivity index (χ3v) is 2.27. The van der Waals surface area contributed by atoms with Crippen LogP contribution in [0.3, 0.4) is 0 Å². The van der Waals surface area contributed by atoms with Gasteiger partial charge in [0.2, 0.25) is 0 Å². The van der Waals surface area contributed by atoms with Gasteiger partial charge in [-0.1, -0.05) is 0 Å². The molecule has 0 spiro atoms. The molecule has 0 saturated heterocycles. The molecule has 0 N–H and O–H groups in total. The van der Waals surface area contributed by atoms with Crippen LogP contribution in [0.5, 0.6) is 0 Å². The van der Waals surface area contributed by atoms with Gasteiger partial charge in [0.1, 0.15) is 0 Å². The van der Waals surface area contributed by atoms with E-state index in [0.29, 0.717) is 6.07 Å². The second-order valence-electron chi connectivity index (χ2n) is 3.62. The Bertz CT molecular complexity index is 448. The maximum Gasteiger partial charge on any atom is 0.417 e. The summed E-state index contributed by atoms with van der Waals surface area (Å²) in [4.78, 5) is 11.1. The van der Waals surface area contributed by atoms with Crippen LogP contribution in [0, 0.1) is 6.92 Å². The number of halogens is 5. The highest BCUT2D eigenvalue weighted by Crippen LogP contribution is 2.36. The van der Waals surface area contributed by atoms with Crippen molar-refractivity contribution < 1.29 is 26.7 Å². The van der Waals surface area contributed by atoms with E-state index in [2.05, 4.69) is 0 Å². The van der Waals surface area contributed by atoms with Gasteiger partial charge in [-0.15, -0.1) is 0 Å². The van der Waals surface area contributed by atoms with Crippen LogP contribution in [0.15, 0.2) is 12.1 Å². The van der Waals surface area contributed by atoms with Crippen molar-refractivity contribution in [1.82, 2.24) is 0 Å². The second kappa shape index (κ2) is 4.43. The molecule has 0 aliphatic carbocycles. The molecular weight excluding hydrogens is 243 g/mol. The summed E-state index contributed by atoms with van der Waals surface area (Å²) in [6, 6.07) is 1.35. The van der Waals surface area contributed by atoms with Crippen molar-refractivity contribution in [2.75, 3.05) is 0 Å². The maximum absolute atomic E-state index is 12.7. The highest BCUT2D eigenvalue weighted by Gasteiger charge is 2.36. The van der Waals surface area contributed by atoms with Gasteiger partial charge in [0.25, 0.3) is 6.43 Å². The summed E-state index contributed by atoms with van der Waals surface area (Å²) in [5.41, 5.74) is -2.82. The van der Waals surface area contributed by atoms with E-state index in [1.807, 2.05) is 0 Å². The summed E-state index contributed by atoms with van der Waals surface area (Å²) in [5.74, 6) is -0.886. The van der Waals surface area contributed by atoms with Crippen molar-refractivity contribution in [2.24, 2.45) is 0 Å². The Morgan fingerprint density at radius 1 is 1.24 bits per heavy atom. The molecule has 0 aliphatic rings. The van der Waals surface area contributed by atoms with Crippen molar-refractivity contribution in [3.8, 4) is 0 Å². The maximum atomic E-state index is 12.7. The number of Topliss-reactive ketones (excluding diaryl/α,β-unsaturated/α-hetero) is 1. The number of alkyl halides is 5. The zero-order chi connectivity index (χ0) is 13.4. The molecule has 0 bridgehead atoms. The SMILES string of the molecule is CC(=O)c1cc(C(F)F)cc(C)c1C(F)(F)F. The van der Waals surface area contributed by atoms with E-state index in [4.69, 9.17) is 0 Å². The second-order valence-corrected chi connectivity index (χ2v) is 3.62. The van der Waals surface area contributed by atoms with Gasteiger partial charge in [-0.3, -0.25) is 4.79 Å². The van der Waals surface area contributed by atoms with Crippen LogP contribution >= 0.6 is 0 Å². The van der Waals surface area contributed by atoms with Crippen LogP contribution in [0.1, 0.15) is 40.4 Å². The number of benzene rings is 1. The van der Waals surface area contributed by atoms with E-state index >= 15 is 0 Å². The summed E-state index contributed by atoms with van der Waals surface area (Å²) in [7, 11) is 0. The Balaban J connectivity index is 3.56. The summed E-state index contributed by atoms with van der Waals surface area (Å²) in [5, 5.41) is 0. The predicted molar refractivity (Wildman–Crippen MR) is 51.1 cm³/mol. The molecule has 17 heavy (non-hydrogen) atoms. The van der Waals surface area contributed by atoms with Crippen LogP contribution in [0.25, 0.3) is 0 Å². The van der Waals surface area contributed by atoms with Gasteiger partial charge in [0, 0.05) is 11.1 Å². The van der Waals surface area contributed by atoms with E-state index in [0.717, 1.165) is 19.9 Å². The van der Waals surface area contributed by atoms with Crippen LogP contribution in [0.2, 0.25) is 0 Å². The summed E-state index contributed by atoms with van der Waals surface area (Å²) >= 11 is 0. The predicted octanol–water partition coefficient (Wildman–Crippen LogP) is 4.15. The van der Waals surface area contributed by atoms with Gasteiger partial charge in [-0.05, 0) is 31.5 Å². The molecule has 0 radical (unpaired) electrons. The third kappa shape index (κ3) is 2.81. The quantitative estimate of drug-likeness (QED) is 0.570. The molecule has 0 saturated carbocycles. The van der Waals surface area contributed by atoms with E-state index in [1.54, 1.807) is 0 Å². The third-order valence-electron chi connectivity index (χ3n) is 2.27. The molecule has 0 fully saturated rings. The van der Waals surface area contributed by atoms with Crippen molar-refractivity contribution >= 4 is 5.78 Å². The number of hydrogen-bond donors (Lipinski definition) is 0. The smallest absolute Gasteiger partial charge is 0.294 e. The fraction of sp³-hybridized carbons (Fsp3) is 0.364. The molecule has 0 aliphatic heterocycles. The monoisotopic (exact) mass is 252 g/mol. The first-order chi connectivity index (χ1) is 7.64. The van der Waals surface area contributed by atoms with Crippen LogP contribution in [-0.4, -0.2) is 5.78 Å². The Labute approximate surface area is 94.2 Å². The van der Waals surface area contributed by atoms with Crippen molar-refractivity contribution in [2.45, 2.75) is 26.4 Å². The van der Waals surface area contributed by atoms with E-state index in [9.17, 15) is 26.7 Å². The Morgan fingerprint density at radius 2 is 1.76 bits per heavy atom. The molecule has 0 aromatic heterocycles. The molecular formula is C11H9F5O. The molecule has 1 rings (SSSR count). The number of aryl methyl sites for hydroxylation is 1. The first kappa shape index (κ1) is 13.6. The number of hydrogen-bond acceptors (Lipinski definition) is 1. The number of rotatable bonds is 2. The Morgan fingerprint density at radius 3 is 2.12 bits per heavy atom. The normalized spacial score (nSPS) is 12.0. The lowest BCUT2D eigenvalue weighted by molar-refractivity contribution is -0.138. The fourth-order valence-electron chi connectivity index (χ4n) is 1.60. The van der Waals surface area contributed by atoms with Gasteiger partial charge in [-0.2, -0.15) is 13.2 Å². The van der Waals surface area contributed by atoms with Crippen LogP contribution in [0.4, 0.5) is 22.0 Å². The molecule has 6 heteroatoms. The van der Waals surface area contributed by atoms with Gasteiger partial charge < -0.3 is 0 Å².